The SMILES string of the molecule is CC(C)[C@H](NS(=O)(=O)c1ccc2c(c1)OCCO2)C(=O)OCC(N)=O. The highest BCUT2D eigenvalue weighted by Crippen LogP contribution is 2.32. The Morgan fingerprint density at radius 3 is 2.48 bits per heavy atom. The molecule has 9 nitrogen and oxygen atoms in total. The van der Waals surface area contributed by atoms with E-state index >= 15 is 0 Å². The van der Waals surface area contributed by atoms with Gasteiger partial charge in [0.05, 0.1) is 4.90 Å². The second-order valence-corrected chi connectivity index (χ2v) is 7.44. The second kappa shape index (κ2) is 7.70. The number of esters is 1. The van der Waals surface area contributed by atoms with Crippen molar-refractivity contribution < 1.29 is 32.2 Å². The molecular weight excluding hydrogens is 352 g/mol. The predicted molar refractivity (Wildman–Crippen MR) is 86.5 cm³/mol. The van der Waals surface area contributed by atoms with Crippen LogP contribution in [0.4, 0.5) is 0 Å². The molecule has 25 heavy (non-hydrogen) atoms. The molecule has 0 aliphatic carbocycles. The van der Waals surface area contributed by atoms with Gasteiger partial charge in [-0.2, -0.15) is 4.72 Å². The molecule has 1 atom stereocenters. The maximum absolute atomic E-state index is 12.6. The molecule has 1 aromatic carbocycles. The Labute approximate surface area is 145 Å². The summed E-state index contributed by atoms with van der Waals surface area (Å²) in [7, 11) is -4.02. The number of benzene rings is 1. The predicted octanol–water partition coefficient (Wildman–Crippen LogP) is -0.211. The number of nitrogens with two attached hydrogens (primary N) is 1. The standard InChI is InChI=1S/C15H20N2O7S/c1-9(2)14(15(19)24-8-13(16)18)17-25(20,21)10-3-4-11-12(7-10)23-6-5-22-11/h3-4,7,9,14,17H,5-6,8H2,1-2H3,(H2,16,18)/t14-/m0/s1. The van der Waals surface area contributed by atoms with Crippen LogP contribution in [0.5, 0.6) is 11.5 Å². The smallest absolute Gasteiger partial charge is 0.324 e. The largest absolute Gasteiger partial charge is 0.486 e. The van der Waals surface area contributed by atoms with Crippen LogP contribution in [0, 0.1) is 5.92 Å². The minimum absolute atomic E-state index is 0.0786. The third-order valence-electron chi connectivity index (χ3n) is 3.38. The third-order valence-corrected chi connectivity index (χ3v) is 4.82. The van der Waals surface area contributed by atoms with Gasteiger partial charge in [-0.3, -0.25) is 9.59 Å². The van der Waals surface area contributed by atoms with E-state index in [1.807, 2.05) is 0 Å². The first-order valence-electron chi connectivity index (χ1n) is 7.57. The molecule has 138 valence electrons. The first kappa shape index (κ1) is 19.0. The molecule has 1 aromatic rings. The number of amides is 1. The van der Waals surface area contributed by atoms with Crippen molar-refractivity contribution in [1.29, 1.82) is 0 Å². The summed E-state index contributed by atoms with van der Waals surface area (Å²) in [6.07, 6.45) is 0. The summed E-state index contributed by atoms with van der Waals surface area (Å²) in [5.74, 6) is -1.36. The van der Waals surface area contributed by atoms with Gasteiger partial charge in [0.15, 0.2) is 18.1 Å². The van der Waals surface area contributed by atoms with E-state index in [0.717, 1.165) is 0 Å². The van der Waals surface area contributed by atoms with Gasteiger partial charge < -0.3 is 19.9 Å². The van der Waals surface area contributed by atoms with Crippen molar-refractivity contribution in [2.24, 2.45) is 11.7 Å². The van der Waals surface area contributed by atoms with E-state index in [2.05, 4.69) is 4.72 Å². The zero-order valence-corrected chi connectivity index (χ0v) is 14.7. The molecule has 0 fully saturated rings. The summed E-state index contributed by atoms with van der Waals surface area (Å²) in [6, 6.07) is 2.99. The lowest BCUT2D eigenvalue weighted by Gasteiger charge is -2.22. The fraction of sp³-hybridized carbons (Fsp3) is 0.467. The molecule has 1 heterocycles. The molecule has 0 spiro atoms. The molecule has 1 aliphatic heterocycles. The van der Waals surface area contributed by atoms with Gasteiger partial charge in [-0.25, -0.2) is 8.42 Å². The van der Waals surface area contributed by atoms with Gasteiger partial charge in [-0.05, 0) is 18.1 Å². The van der Waals surface area contributed by atoms with Gasteiger partial charge in [0.2, 0.25) is 10.0 Å². The van der Waals surface area contributed by atoms with Gasteiger partial charge in [-0.1, -0.05) is 13.8 Å². The zero-order valence-electron chi connectivity index (χ0n) is 13.9. The number of carbonyl (C=O) groups excluding carboxylic acids is 2. The average Bonchev–Trinajstić information content (AvgIpc) is 2.56. The number of primary amides is 1. The molecule has 0 unspecified atom stereocenters. The van der Waals surface area contributed by atoms with E-state index in [1.54, 1.807) is 13.8 Å². The van der Waals surface area contributed by atoms with Crippen LogP contribution in [0.2, 0.25) is 0 Å². The molecule has 2 rings (SSSR count). The van der Waals surface area contributed by atoms with E-state index < -0.39 is 40.5 Å². The Morgan fingerprint density at radius 1 is 1.24 bits per heavy atom. The number of carbonyl (C=O) groups is 2. The van der Waals surface area contributed by atoms with Crippen LogP contribution in [0.15, 0.2) is 23.1 Å². The molecule has 0 radical (unpaired) electrons. The molecule has 0 bridgehead atoms. The van der Waals surface area contributed by atoms with Gasteiger partial charge in [0, 0.05) is 6.07 Å². The maximum atomic E-state index is 12.6. The number of hydrogen-bond donors (Lipinski definition) is 2. The zero-order chi connectivity index (χ0) is 18.6. The van der Waals surface area contributed by atoms with Crippen LogP contribution in [0.1, 0.15) is 13.8 Å². The molecule has 1 amide bonds. The minimum atomic E-state index is -4.02. The van der Waals surface area contributed by atoms with E-state index in [-0.39, 0.29) is 4.90 Å². The highest BCUT2D eigenvalue weighted by Gasteiger charge is 2.30. The number of fused-ring (bicyclic) bond motifs is 1. The van der Waals surface area contributed by atoms with Gasteiger partial charge >= 0.3 is 5.97 Å². The van der Waals surface area contributed by atoms with E-state index in [9.17, 15) is 18.0 Å². The van der Waals surface area contributed by atoms with Crippen molar-refractivity contribution in [3.8, 4) is 11.5 Å². The Bertz CT molecular complexity index is 761. The summed E-state index contributed by atoms with van der Waals surface area (Å²) in [6.45, 7) is 3.37. The van der Waals surface area contributed by atoms with Crippen molar-refractivity contribution in [2.45, 2.75) is 24.8 Å². The molecular formula is C15H20N2O7S. The van der Waals surface area contributed by atoms with E-state index in [1.165, 1.54) is 18.2 Å². The van der Waals surface area contributed by atoms with Crippen molar-refractivity contribution in [3.63, 3.8) is 0 Å². The molecule has 0 saturated carbocycles. The van der Waals surface area contributed by atoms with Gasteiger partial charge in [0.25, 0.3) is 5.91 Å². The van der Waals surface area contributed by atoms with E-state index in [4.69, 9.17) is 19.9 Å². The average molecular weight is 372 g/mol. The molecule has 0 aromatic heterocycles. The van der Waals surface area contributed by atoms with Crippen LogP contribution >= 0.6 is 0 Å². The maximum Gasteiger partial charge on any atom is 0.324 e. The molecule has 1 aliphatic rings. The lowest BCUT2D eigenvalue weighted by atomic mass is 10.1. The number of sulfonamides is 1. The quantitative estimate of drug-likeness (QED) is 0.632. The normalized spacial score (nSPS) is 14.8. The van der Waals surface area contributed by atoms with Crippen LogP contribution in [0.3, 0.4) is 0 Å². The molecule has 0 saturated heterocycles. The van der Waals surface area contributed by atoms with Crippen LogP contribution in [-0.2, 0) is 24.3 Å². The van der Waals surface area contributed by atoms with E-state index in [0.29, 0.717) is 24.7 Å². The Hall–Kier alpha value is -2.33. The van der Waals surface area contributed by atoms with Crippen molar-refractivity contribution in [2.75, 3.05) is 19.8 Å². The summed E-state index contributed by atoms with van der Waals surface area (Å²) >= 11 is 0. The monoisotopic (exact) mass is 372 g/mol. The lowest BCUT2D eigenvalue weighted by Crippen LogP contribution is -2.45. The third kappa shape index (κ3) is 4.83. The molecule has 3 N–H and O–H groups in total. The van der Waals surface area contributed by atoms with Crippen molar-refractivity contribution in [1.82, 2.24) is 4.72 Å². The second-order valence-electron chi connectivity index (χ2n) is 5.72. The highest BCUT2D eigenvalue weighted by atomic mass is 32.2. The molecule has 10 heteroatoms. The van der Waals surface area contributed by atoms with Crippen LogP contribution < -0.4 is 19.9 Å². The van der Waals surface area contributed by atoms with Crippen molar-refractivity contribution >= 4 is 21.9 Å². The number of rotatable bonds is 7. The topological polar surface area (TPSA) is 134 Å². The van der Waals surface area contributed by atoms with Gasteiger partial charge in [0.1, 0.15) is 19.3 Å². The fourth-order valence-electron chi connectivity index (χ4n) is 2.11. The fourth-order valence-corrected chi connectivity index (χ4v) is 3.46. The van der Waals surface area contributed by atoms with Crippen LogP contribution in [0.25, 0.3) is 0 Å². The summed E-state index contributed by atoms with van der Waals surface area (Å²) in [4.78, 5) is 22.7. The van der Waals surface area contributed by atoms with Crippen LogP contribution in [-0.4, -0.2) is 46.2 Å². The number of nitrogens with one attached hydrogen (secondary N) is 1. The summed E-state index contributed by atoms with van der Waals surface area (Å²) < 4.78 is 42.8. The van der Waals surface area contributed by atoms with Gasteiger partial charge in [-0.15, -0.1) is 0 Å². The summed E-state index contributed by atoms with van der Waals surface area (Å²) in [5.41, 5.74) is 4.92. The Balaban J connectivity index is 2.19. The number of hydrogen-bond acceptors (Lipinski definition) is 7. The minimum Gasteiger partial charge on any atom is -0.486 e. The Morgan fingerprint density at radius 2 is 1.88 bits per heavy atom. The first-order chi connectivity index (χ1) is 11.7. The highest BCUT2D eigenvalue weighted by molar-refractivity contribution is 7.89. The number of ether oxygens (including phenoxy) is 3. The summed E-state index contributed by atoms with van der Waals surface area (Å²) in [5, 5.41) is 0. The van der Waals surface area contributed by atoms with Crippen molar-refractivity contribution in [3.05, 3.63) is 18.2 Å². The first-order valence-corrected chi connectivity index (χ1v) is 9.06. The Kier molecular flexibility index (Phi) is 5.85. The lowest BCUT2D eigenvalue weighted by molar-refractivity contribution is -0.150.